The van der Waals surface area contributed by atoms with Crippen molar-refractivity contribution < 1.29 is 4.74 Å². The normalized spacial score (nSPS) is 11.2. The van der Waals surface area contributed by atoms with Crippen LogP contribution < -0.4 is 10.6 Å². The highest BCUT2D eigenvalue weighted by Crippen LogP contribution is 2.17. The highest BCUT2D eigenvalue weighted by atomic mass is 127. The summed E-state index contributed by atoms with van der Waals surface area (Å²) in [5.41, 5.74) is 1.23. The van der Waals surface area contributed by atoms with Crippen LogP contribution in [0.1, 0.15) is 35.8 Å². The summed E-state index contributed by atoms with van der Waals surface area (Å²) in [4.78, 5) is 10.2. The lowest BCUT2D eigenvalue weighted by Crippen LogP contribution is -2.39. The second-order valence-electron chi connectivity index (χ2n) is 4.69. The molecule has 0 saturated carbocycles. The Bertz CT molecular complexity index is 437. The van der Waals surface area contributed by atoms with Gasteiger partial charge in [0.15, 0.2) is 5.96 Å². The standard InChI is InChI=1S/C15H28N4OS.HI/c1-5-13-12(3)21-14(19-13)8-10-18-15(16-4)17-9-7-11-20-6-2;/h5-11H2,1-4H3,(H2,16,17,18);1H. The first-order chi connectivity index (χ1) is 10.2. The maximum absolute atomic E-state index is 5.30. The molecule has 7 heteroatoms. The van der Waals surface area contributed by atoms with Crippen LogP contribution in [0, 0.1) is 6.92 Å². The molecule has 1 heterocycles. The van der Waals surface area contributed by atoms with E-state index in [0.29, 0.717) is 0 Å². The molecule has 1 aromatic heterocycles. The van der Waals surface area contributed by atoms with E-state index in [1.165, 1.54) is 15.6 Å². The van der Waals surface area contributed by atoms with Gasteiger partial charge in [0, 0.05) is 44.6 Å². The molecule has 0 aromatic carbocycles. The largest absolute Gasteiger partial charge is 0.382 e. The number of guanidine groups is 1. The second-order valence-corrected chi connectivity index (χ2v) is 5.98. The van der Waals surface area contributed by atoms with Gasteiger partial charge in [-0.2, -0.15) is 0 Å². The molecule has 0 atom stereocenters. The van der Waals surface area contributed by atoms with Crippen molar-refractivity contribution in [1.82, 2.24) is 15.6 Å². The van der Waals surface area contributed by atoms with Gasteiger partial charge in [0.05, 0.1) is 10.7 Å². The number of ether oxygens (including phenoxy) is 1. The third-order valence-corrected chi connectivity index (χ3v) is 4.16. The highest BCUT2D eigenvalue weighted by molar-refractivity contribution is 14.0. The Hall–Kier alpha value is -0.410. The summed E-state index contributed by atoms with van der Waals surface area (Å²) < 4.78 is 5.30. The van der Waals surface area contributed by atoms with E-state index < -0.39 is 0 Å². The van der Waals surface area contributed by atoms with Crippen molar-refractivity contribution in [2.24, 2.45) is 4.99 Å². The quantitative estimate of drug-likeness (QED) is 0.268. The predicted octanol–water partition coefficient (Wildman–Crippen LogP) is 2.77. The van der Waals surface area contributed by atoms with Crippen LogP contribution in [-0.4, -0.2) is 44.3 Å². The zero-order chi connectivity index (χ0) is 15.5. The average molecular weight is 440 g/mol. The summed E-state index contributed by atoms with van der Waals surface area (Å²) in [6.07, 6.45) is 2.93. The molecule has 0 saturated heterocycles. The van der Waals surface area contributed by atoms with Gasteiger partial charge in [0.1, 0.15) is 0 Å². The van der Waals surface area contributed by atoms with Gasteiger partial charge in [-0.05, 0) is 26.7 Å². The van der Waals surface area contributed by atoms with Crippen molar-refractivity contribution in [2.75, 3.05) is 33.4 Å². The van der Waals surface area contributed by atoms with Crippen LogP contribution in [0.15, 0.2) is 4.99 Å². The number of halogens is 1. The van der Waals surface area contributed by atoms with Crippen LogP contribution >= 0.6 is 35.3 Å². The fraction of sp³-hybridized carbons (Fsp3) is 0.733. The van der Waals surface area contributed by atoms with Gasteiger partial charge in [0.25, 0.3) is 0 Å². The zero-order valence-electron chi connectivity index (χ0n) is 14.1. The van der Waals surface area contributed by atoms with E-state index in [1.54, 1.807) is 18.4 Å². The molecular formula is C15H29IN4OS. The molecule has 0 unspecified atom stereocenters. The summed E-state index contributed by atoms with van der Waals surface area (Å²) in [5, 5.41) is 7.80. The number of aromatic nitrogens is 1. The molecule has 0 fully saturated rings. The van der Waals surface area contributed by atoms with E-state index in [4.69, 9.17) is 4.74 Å². The molecule has 22 heavy (non-hydrogen) atoms. The van der Waals surface area contributed by atoms with Crippen LogP contribution in [0.2, 0.25) is 0 Å². The number of thiazole rings is 1. The zero-order valence-corrected chi connectivity index (χ0v) is 17.2. The SMILES string of the molecule is CCOCCCNC(=NC)NCCc1nc(CC)c(C)s1.I. The molecule has 0 aliphatic heterocycles. The molecule has 0 spiro atoms. The number of nitrogens with one attached hydrogen (secondary N) is 2. The summed E-state index contributed by atoms with van der Waals surface area (Å²) in [7, 11) is 1.79. The number of aryl methyl sites for hydroxylation is 2. The lowest BCUT2D eigenvalue weighted by atomic mass is 10.3. The van der Waals surface area contributed by atoms with Crippen molar-refractivity contribution in [1.29, 1.82) is 0 Å². The van der Waals surface area contributed by atoms with E-state index in [-0.39, 0.29) is 24.0 Å². The van der Waals surface area contributed by atoms with Crippen LogP contribution in [-0.2, 0) is 17.6 Å². The third-order valence-electron chi connectivity index (χ3n) is 3.09. The van der Waals surface area contributed by atoms with Crippen molar-refractivity contribution in [3.8, 4) is 0 Å². The number of rotatable bonds is 9. The topological polar surface area (TPSA) is 58.5 Å². The Morgan fingerprint density at radius 1 is 1.27 bits per heavy atom. The van der Waals surface area contributed by atoms with Gasteiger partial charge in [-0.25, -0.2) is 4.98 Å². The Balaban J connectivity index is 0.00000441. The molecule has 1 rings (SSSR count). The Labute approximate surface area is 155 Å². The summed E-state index contributed by atoms with van der Waals surface area (Å²) >= 11 is 1.80. The van der Waals surface area contributed by atoms with Crippen LogP contribution in [0.3, 0.4) is 0 Å². The smallest absolute Gasteiger partial charge is 0.190 e. The van der Waals surface area contributed by atoms with Crippen LogP contribution in [0.4, 0.5) is 0 Å². The van der Waals surface area contributed by atoms with E-state index in [9.17, 15) is 0 Å². The van der Waals surface area contributed by atoms with Crippen molar-refractivity contribution in [2.45, 2.75) is 40.0 Å². The van der Waals surface area contributed by atoms with Gasteiger partial charge in [-0.15, -0.1) is 35.3 Å². The summed E-state index contributed by atoms with van der Waals surface area (Å²) in [5.74, 6) is 0.843. The predicted molar refractivity (Wildman–Crippen MR) is 106 cm³/mol. The van der Waals surface area contributed by atoms with Gasteiger partial charge in [0.2, 0.25) is 0 Å². The molecule has 0 bridgehead atoms. The Morgan fingerprint density at radius 3 is 2.59 bits per heavy atom. The maximum atomic E-state index is 5.30. The maximum Gasteiger partial charge on any atom is 0.190 e. The van der Waals surface area contributed by atoms with Crippen molar-refractivity contribution in [3.63, 3.8) is 0 Å². The van der Waals surface area contributed by atoms with E-state index in [1.807, 2.05) is 6.92 Å². The number of hydrogen-bond acceptors (Lipinski definition) is 4. The summed E-state index contributed by atoms with van der Waals surface area (Å²) in [6, 6.07) is 0. The molecular weight excluding hydrogens is 411 g/mol. The number of nitrogens with zero attached hydrogens (tertiary/aromatic N) is 2. The minimum absolute atomic E-state index is 0. The molecule has 128 valence electrons. The van der Waals surface area contributed by atoms with Gasteiger partial charge in [-0.3, -0.25) is 4.99 Å². The molecule has 2 N–H and O–H groups in total. The first kappa shape index (κ1) is 21.6. The van der Waals surface area contributed by atoms with Crippen LogP contribution in [0.25, 0.3) is 0 Å². The first-order valence-electron chi connectivity index (χ1n) is 7.68. The van der Waals surface area contributed by atoms with Crippen LogP contribution in [0.5, 0.6) is 0 Å². The molecule has 1 aromatic rings. The number of aliphatic imine (C=N–C) groups is 1. The number of hydrogen-bond donors (Lipinski definition) is 2. The average Bonchev–Trinajstić information content (AvgIpc) is 2.85. The fourth-order valence-corrected chi connectivity index (χ4v) is 2.98. The molecule has 5 nitrogen and oxygen atoms in total. The Kier molecular flexibility index (Phi) is 12.8. The molecule has 0 radical (unpaired) electrons. The third kappa shape index (κ3) is 8.28. The van der Waals surface area contributed by atoms with Gasteiger partial charge < -0.3 is 15.4 Å². The summed E-state index contributed by atoms with van der Waals surface area (Å²) in [6.45, 7) is 9.60. The first-order valence-corrected chi connectivity index (χ1v) is 8.50. The van der Waals surface area contributed by atoms with Crippen molar-refractivity contribution in [3.05, 3.63) is 15.6 Å². The van der Waals surface area contributed by atoms with Gasteiger partial charge >= 0.3 is 0 Å². The Morgan fingerprint density at radius 2 is 2.00 bits per heavy atom. The van der Waals surface area contributed by atoms with Gasteiger partial charge in [-0.1, -0.05) is 6.92 Å². The van der Waals surface area contributed by atoms with Crippen molar-refractivity contribution >= 4 is 41.3 Å². The lowest BCUT2D eigenvalue weighted by molar-refractivity contribution is 0.145. The highest BCUT2D eigenvalue weighted by Gasteiger charge is 2.05. The second kappa shape index (κ2) is 13.1. The molecule has 0 aliphatic rings. The monoisotopic (exact) mass is 440 g/mol. The lowest BCUT2D eigenvalue weighted by Gasteiger charge is -2.11. The molecule has 0 aliphatic carbocycles. The van der Waals surface area contributed by atoms with E-state index >= 15 is 0 Å². The van der Waals surface area contributed by atoms with E-state index in [2.05, 4.69) is 34.5 Å². The minimum atomic E-state index is 0. The minimum Gasteiger partial charge on any atom is -0.382 e. The fourth-order valence-electron chi connectivity index (χ4n) is 1.96. The molecule has 0 amide bonds. The van der Waals surface area contributed by atoms with E-state index in [0.717, 1.165) is 51.5 Å².